The van der Waals surface area contributed by atoms with Gasteiger partial charge in [0.1, 0.15) is 18.1 Å². The van der Waals surface area contributed by atoms with E-state index in [1.165, 1.54) is 11.9 Å². The van der Waals surface area contributed by atoms with Crippen molar-refractivity contribution in [3.05, 3.63) is 84.1 Å². The highest BCUT2D eigenvalue weighted by molar-refractivity contribution is 5.96. The zero-order valence-electron chi connectivity index (χ0n) is 26.4. The maximum Gasteiger partial charge on any atom is 0.326 e. The number of unbranched alkanes of at least 4 members (excludes halogenated alkanes) is 1. The molecular weight excluding hydrogens is 602 g/mol. The van der Waals surface area contributed by atoms with Gasteiger partial charge in [-0.25, -0.2) is 4.79 Å². The second kappa shape index (κ2) is 15.9. The van der Waals surface area contributed by atoms with E-state index in [9.17, 15) is 34.2 Å². The van der Waals surface area contributed by atoms with Gasteiger partial charge in [-0.1, -0.05) is 80.4 Å². The number of hydrogen-bond acceptors (Lipinski definition) is 6. The molecule has 0 fully saturated rings. The second-order valence-corrected chi connectivity index (χ2v) is 11.7. The number of nitrogens with two attached hydrogens (primary N) is 1. The first-order chi connectivity index (χ1) is 22.5. The lowest BCUT2D eigenvalue weighted by Gasteiger charge is -2.31. The first kappa shape index (κ1) is 34.6. The molecule has 3 amide bonds. The molecule has 0 aliphatic heterocycles. The first-order valence-electron chi connectivity index (χ1n) is 15.6. The van der Waals surface area contributed by atoms with Crippen LogP contribution in [-0.2, 0) is 36.8 Å². The van der Waals surface area contributed by atoms with Gasteiger partial charge in [0.25, 0.3) is 0 Å². The topological polar surface area (TPSA) is 195 Å². The van der Waals surface area contributed by atoms with Gasteiger partial charge in [-0.2, -0.15) is 0 Å². The van der Waals surface area contributed by atoms with Crippen molar-refractivity contribution in [3.8, 4) is 0 Å². The fourth-order valence-corrected chi connectivity index (χ4v) is 5.75. The molecule has 12 nitrogen and oxygen atoms in total. The van der Waals surface area contributed by atoms with Crippen molar-refractivity contribution in [2.45, 2.75) is 69.6 Å². The molecule has 248 valence electrons. The van der Waals surface area contributed by atoms with Gasteiger partial charge < -0.3 is 36.5 Å². The monoisotopic (exact) mass is 643 g/mol. The lowest BCUT2D eigenvalue weighted by Crippen LogP contribution is -2.58. The maximum atomic E-state index is 13.6. The number of nitrogens with one attached hydrogen (secondary N) is 3. The number of para-hydroxylation sites is 1. The highest BCUT2D eigenvalue weighted by Crippen LogP contribution is 2.21. The molecule has 1 heterocycles. The van der Waals surface area contributed by atoms with Crippen LogP contribution in [0.5, 0.6) is 0 Å². The smallest absolute Gasteiger partial charge is 0.326 e. The van der Waals surface area contributed by atoms with Gasteiger partial charge in [0, 0.05) is 30.6 Å². The standard InChI is InChI=1S/C35H41N5O7/c1-3-4-16-30(40(2)34(45)26(36)17-23-20-37-27-15-8-7-14-25(23)27)33(44)38-28(19-31(41)42)32(43)39-29(35(46)47)18-22-12-9-11-21-10-5-6-13-24(21)22/h5-15,20,26,28-30,37H,3-4,16-19,36H2,1-2H3,(H,38,44)(H,39,43)(H,41,42)(H,46,47)/t26-,28-,29-,30-/m0/s1. The predicted molar refractivity (Wildman–Crippen MR) is 177 cm³/mol. The van der Waals surface area contributed by atoms with Gasteiger partial charge in [-0.3, -0.25) is 19.2 Å². The van der Waals surface area contributed by atoms with E-state index in [0.29, 0.717) is 18.4 Å². The molecule has 0 radical (unpaired) electrons. The molecule has 4 atom stereocenters. The SMILES string of the molecule is CCCC[C@@H](C(=O)N[C@@H](CC(=O)O)C(=O)N[C@@H](Cc1cccc2ccccc12)C(=O)O)N(C)C(=O)[C@@H](N)Cc1c[nH]c2ccccc12. The Balaban J connectivity index is 1.48. The highest BCUT2D eigenvalue weighted by Gasteiger charge is 2.34. The summed E-state index contributed by atoms with van der Waals surface area (Å²) in [5, 5.41) is 27.0. The van der Waals surface area contributed by atoms with Crippen LogP contribution in [-0.4, -0.2) is 81.0 Å². The number of rotatable bonds is 16. The van der Waals surface area contributed by atoms with Crippen molar-refractivity contribution in [3.63, 3.8) is 0 Å². The van der Waals surface area contributed by atoms with Crippen LogP contribution in [0, 0.1) is 0 Å². The average Bonchev–Trinajstić information content (AvgIpc) is 3.46. The molecule has 0 saturated carbocycles. The van der Waals surface area contributed by atoms with Crippen LogP contribution in [0.4, 0.5) is 0 Å². The number of carbonyl (C=O) groups is 5. The van der Waals surface area contributed by atoms with Crippen molar-refractivity contribution in [1.29, 1.82) is 0 Å². The number of amides is 3. The van der Waals surface area contributed by atoms with E-state index in [2.05, 4.69) is 15.6 Å². The number of carbonyl (C=O) groups excluding carboxylic acids is 3. The molecule has 0 unspecified atom stereocenters. The summed E-state index contributed by atoms with van der Waals surface area (Å²) in [7, 11) is 1.45. The largest absolute Gasteiger partial charge is 0.481 e. The van der Waals surface area contributed by atoms with Crippen molar-refractivity contribution < 1.29 is 34.2 Å². The summed E-state index contributed by atoms with van der Waals surface area (Å²) in [5.74, 6) is -4.89. The summed E-state index contributed by atoms with van der Waals surface area (Å²) < 4.78 is 0. The minimum Gasteiger partial charge on any atom is -0.481 e. The number of carboxylic acid groups (broad SMARTS) is 2. The quantitative estimate of drug-likeness (QED) is 0.107. The molecule has 0 aliphatic rings. The summed E-state index contributed by atoms with van der Waals surface area (Å²) >= 11 is 0. The molecule has 0 aliphatic carbocycles. The summed E-state index contributed by atoms with van der Waals surface area (Å²) in [5.41, 5.74) is 8.76. The van der Waals surface area contributed by atoms with Crippen LogP contribution in [0.2, 0.25) is 0 Å². The van der Waals surface area contributed by atoms with E-state index in [1.807, 2.05) is 61.5 Å². The fourth-order valence-electron chi connectivity index (χ4n) is 5.75. The minimum atomic E-state index is -1.60. The van der Waals surface area contributed by atoms with Crippen LogP contribution in [0.3, 0.4) is 0 Å². The number of aromatic amines is 1. The Labute approximate surface area is 272 Å². The van der Waals surface area contributed by atoms with Crippen molar-refractivity contribution >= 4 is 51.3 Å². The molecule has 47 heavy (non-hydrogen) atoms. The van der Waals surface area contributed by atoms with Gasteiger partial charge in [0.15, 0.2) is 0 Å². The molecule has 0 spiro atoms. The van der Waals surface area contributed by atoms with E-state index in [1.54, 1.807) is 18.3 Å². The fraction of sp³-hybridized carbons (Fsp3) is 0.343. The van der Waals surface area contributed by atoms with Crippen LogP contribution in [0.25, 0.3) is 21.7 Å². The molecule has 0 bridgehead atoms. The third kappa shape index (κ3) is 8.73. The Kier molecular flexibility index (Phi) is 11.7. The molecule has 4 aromatic rings. The zero-order chi connectivity index (χ0) is 34.1. The van der Waals surface area contributed by atoms with Gasteiger partial charge in [-0.05, 0) is 40.8 Å². The van der Waals surface area contributed by atoms with E-state index in [-0.39, 0.29) is 19.3 Å². The number of hydrogen-bond donors (Lipinski definition) is 6. The molecule has 3 aromatic carbocycles. The Morgan fingerprint density at radius 3 is 2.19 bits per heavy atom. The van der Waals surface area contributed by atoms with Crippen LogP contribution in [0.15, 0.2) is 72.9 Å². The van der Waals surface area contributed by atoms with Crippen molar-refractivity contribution in [2.24, 2.45) is 5.73 Å². The predicted octanol–water partition coefficient (Wildman–Crippen LogP) is 2.98. The van der Waals surface area contributed by atoms with Gasteiger partial charge in [0.05, 0.1) is 12.5 Å². The summed E-state index contributed by atoms with van der Waals surface area (Å²) in [4.78, 5) is 68.8. The summed E-state index contributed by atoms with van der Waals surface area (Å²) in [6.45, 7) is 1.92. The summed E-state index contributed by atoms with van der Waals surface area (Å²) in [6.07, 6.45) is 2.66. The highest BCUT2D eigenvalue weighted by atomic mass is 16.4. The Hall–Kier alpha value is -5.23. The molecule has 7 N–H and O–H groups in total. The second-order valence-electron chi connectivity index (χ2n) is 11.7. The van der Waals surface area contributed by atoms with E-state index < -0.39 is 60.2 Å². The molecule has 1 aromatic heterocycles. The van der Waals surface area contributed by atoms with Crippen LogP contribution in [0.1, 0.15) is 43.7 Å². The number of aromatic nitrogens is 1. The lowest BCUT2D eigenvalue weighted by molar-refractivity contribution is -0.145. The molecule has 4 rings (SSSR count). The zero-order valence-corrected chi connectivity index (χ0v) is 26.4. The maximum absolute atomic E-state index is 13.6. The average molecular weight is 644 g/mol. The van der Waals surface area contributed by atoms with Crippen LogP contribution < -0.4 is 16.4 Å². The number of H-pyrrole nitrogens is 1. The van der Waals surface area contributed by atoms with Crippen molar-refractivity contribution in [1.82, 2.24) is 20.5 Å². The Bertz CT molecular complexity index is 1750. The molecule has 0 saturated heterocycles. The number of fused-ring (bicyclic) bond motifs is 2. The van der Waals surface area contributed by atoms with Crippen molar-refractivity contribution in [2.75, 3.05) is 7.05 Å². The summed E-state index contributed by atoms with van der Waals surface area (Å²) in [6, 6.07) is 15.4. The number of likely N-dealkylation sites (N-methyl/N-ethyl adjacent to an activating group) is 1. The van der Waals surface area contributed by atoms with E-state index in [4.69, 9.17) is 5.73 Å². The minimum absolute atomic E-state index is 0.0686. The Morgan fingerprint density at radius 2 is 1.49 bits per heavy atom. The number of aliphatic carboxylic acids is 2. The van der Waals surface area contributed by atoms with Gasteiger partial charge >= 0.3 is 11.9 Å². The third-order valence-electron chi connectivity index (χ3n) is 8.31. The van der Waals surface area contributed by atoms with Gasteiger partial charge in [-0.15, -0.1) is 0 Å². The number of benzene rings is 3. The number of carboxylic acids is 2. The van der Waals surface area contributed by atoms with E-state index >= 15 is 0 Å². The molecular formula is C35H41N5O7. The Morgan fingerprint density at radius 1 is 0.830 bits per heavy atom. The van der Waals surface area contributed by atoms with Crippen LogP contribution >= 0.6 is 0 Å². The lowest BCUT2D eigenvalue weighted by atomic mass is 9.98. The normalized spacial score (nSPS) is 13.8. The van der Waals surface area contributed by atoms with Gasteiger partial charge in [0.2, 0.25) is 17.7 Å². The number of nitrogens with zero attached hydrogens (tertiary/aromatic N) is 1. The van der Waals surface area contributed by atoms with E-state index in [0.717, 1.165) is 27.2 Å². The first-order valence-corrected chi connectivity index (χ1v) is 15.6. The molecule has 12 heteroatoms. The third-order valence-corrected chi connectivity index (χ3v) is 8.31.